The van der Waals surface area contributed by atoms with Crippen LogP contribution in [0.2, 0.25) is 0 Å². The summed E-state index contributed by atoms with van der Waals surface area (Å²) in [4.78, 5) is 0. The summed E-state index contributed by atoms with van der Waals surface area (Å²) in [7, 11) is 1.57. The van der Waals surface area contributed by atoms with Gasteiger partial charge in [0, 0.05) is 44.2 Å². The van der Waals surface area contributed by atoms with Crippen LogP contribution in [0.25, 0.3) is 0 Å². The van der Waals surface area contributed by atoms with Gasteiger partial charge in [-0.05, 0) is 33.4 Å². The highest BCUT2D eigenvalue weighted by atomic mass is 16.7. The van der Waals surface area contributed by atoms with Crippen LogP contribution in [0.3, 0.4) is 0 Å². The maximum Gasteiger partial charge on any atom is 0.185 e. The number of aliphatic hydroxyl groups excluding tert-OH is 7. The Morgan fingerprint density at radius 2 is 1.78 bits per heavy atom. The van der Waals surface area contributed by atoms with E-state index in [4.69, 9.17) is 30.8 Å². The Labute approximate surface area is 240 Å². The fourth-order valence-electron chi connectivity index (χ4n) is 6.11. The van der Waals surface area contributed by atoms with Crippen LogP contribution in [-0.2, 0) is 14.2 Å². The normalized spacial score (nSPS) is 46.4. The highest BCUT2D eigenvalue weighted by Crippen LogP contribution is 2.37. The maximum absolute atomic E-state index is 11.7. The third-order valence-corrected chi connectivity index (χ3v) is 8.45. The van der Waals surface area contributed by atoms with Crippen molar-refractivity contribution in [2.75, 3.05) is 46.4 Å². The standard InChI is InChI=1S/C25H51N5O11/c1-25(38)10-39-24(20(37)23(25)28-2)41-21-13(30-8-11(32)7-26)6-12(27)15(17(21)34)22-19(36)18(35)16(33)14(40-22)9-29-4-3-5-31/h11-24,28-38H,3-10,26-27H2,1-2H3/t11?,12-,13+,14+,15?,16+,17-,18-,19+,20+,21-,22+,23+,24+,25-/m0/s1. The van der Waals surface area contributed by atoms with E-state index >= 15 is 0 Å². The minimum atomic E-state index is -1.59. The molecular weight excluding hydrogens is 546 g/mol. The van der Waals surface area contributed by atoms with Crippen molar-refractivity contribution in [1.29, 1.82) is 0 Å². The van der Waals surface area contributed by atoms with E-state index < -0.39 is 90.9 Å². The molecule has 41 heavy (non-hydrogen) atoms. The molecule has 2 unspecified atom stereocenters. The molecule has 15 atom stereocenters. The lowest BCUT2D eigenvalue weighted by molar-refractivity contribution is -0.303. The van der Waals surface area contributed by atoms with Crippen LogP contribution < -0.4 is 27.4 Å². The first-order valence-electron chi connectivity index (χ1n) is 14.3. The second kappa shape index (κ2) is 15.4. The molecule has 0 aromatic heterocycles. The van der Waals surface area contributed by atoms with Crippen LogP contribution in [0.5, 0.6) is 0 Å². The first-order chi connectivity index (χ1) is 19.4. The van der Waals surface area contributed by atoms with Crippen LogP contribution in [0.1, 0.15) is 19.8 Å². The SMILES string of the molecule is CN[C@@H]1[C@@H](O)[C@@H](O[C@H]2[C@H](NCC(O)CN)C[C@H](N)C([C@H]3O[C@H](CNCCCO)[C@@H](O)[C@H](O)[C@H]3O)[C@@H]2O)OC[C@]1(C)O. The first-order valence-corrected chi connectivity index (χ1v) is 14.3. The lowest BCUT2D eigenvalue weighted by Crippen LogP contribution is -2.71. The fourth-order valence-corrected chi connectivity index (χ4v) is 6.11. The third-order valence-electron chi connectivity index (χ3n) is 8.45. The Balaban J connectivity index is 1.84. The van der Waals surface area contributed by atoms with Gasteiger partial charge in [-0.25, -0.2) is 0 Å². The summed E-state index contributed by atoms with van der Waals surface area (Å²) in [6.45, 7) is 1.89. The molecule has 2 saturated heterocycles. The van der Waals surface area contributed by atoms with Crippen LogP contribution in [0.4, 0.5) is 0 Å². The van der Waals surface area contributed by atoms with Gasteiger partial charge in [-0.1, -0.05) is 0 Å². The van der Waals surface area contributed by atoms with Gasteiger partial charge in [0.15, 0.2) is 6.29 Å². The maximum atomic E-state index is 11.7. The lowest BCUT2D eigenvalue weighted by Gasteiger charge is -2.52. The van der Waals surface area contributed by atoms with Gasteiger partial charge < -0.3 is 82.5 Å². The number of hydrogen-bond donors (Lipinski definition) is 13. The number of rotatable bonds is 13. The fraction of sp³-hybridized carbons (Fsp3) is 1.00. The number of aliphatic hydroxyl groups is 8. The van der Waals surface area contributed by atoms with Gasteiger partial charge in [-0.3, -0.25) is 0 Å². The summed E-state index contributed by atoms with van der Waals surface area (Å²) in [5.41, 5.74) is 10.7. The predicted molar refractivity (Wildman–Crippen MR) is 144 cm³/mol. The number of hydrogen-bond acceptors (Lipinski definition) is 16. The second-order valence-corrected chi connectivity index (χ2v) is 11.7. The predicted octanol–water partition coefficient (Wildman–Crippen LogP) is -6.76. The molecule has 16 heteroatoms. The molecule has 0 aromatic rings. The van der Waals surface area contributed by atoms with E-state index in [9.17, 15) is 35.7 Å². The second-order valence-electron chi connectivity index (χ2n) is 11.7. The van der Waals surface area contributed by atoms with Crippen molar-refractivity contribution in [3.63, 3.8) is 0 Å². The number of nitrogens with two attached hydrogens (primary N) is 2. The topological polar surface area (TPSA) is 278 Å². The van der Waals surface area contributed by atoms with Gasteiger partial charge in [0.1, 0.15) is 36.1 Å². The van der Waals surface area contributed by atoms with Crippen LogP contribution in [-0.4, -0.2) is 172 Å². The Bertz CT molecular complexity index is 788. The molecule has 0 bridgehead atoms. The van der Waals surface area contributed by atoms with E-state index in [2.05, 4.69) is 16.0 Å². The molecule has 1 saturated carbocycles. The van der Waals surface area contributed by atoms with E-state index in [1.165, 1.54) is 6.92 Å². The van der Waals surface area contributed by atoms with Crippen molar-refractivity contribution in [2.45, 2.75) is 105 Å². The summed E-state index contributed by atoms with van der Waals surface area (Å²) in [6.07, 6.45) is -12.1. The monoisotopic (exact) mass is 597 g/mol. The van der Waals surface area contributed by atoms with Gasteiger partial charge in [0.2, 0.25) is 0 Å². The first kappa shape index (κ1) is 34.8. The molecule has 3 fully saturated rings. The average molecular weight is 598 g/mol. The average Bonchev–Trinajstić information content (AvgIpc) is 2.93. The molecule has 15 N–H and O–H groups in total. The van der Waals surface area contributed by atoms with Crippen molar-refractivity contribution in [2.24, 2.45) is 17.4 Å². The number of likely N-dealkylation sites (N-methyl/N-ethyl adjacent to an activating group) is 1. The molecule has 242 valence electrons. The Kier molecular flexibility index (Phi) is 13.1. The summed E-state index contributed by atoms with van der Waals surface area (Å²) >= 11 is 0. The number of nitrogens with one attached hydrogen (secondary N) is 3. The summed E-state index contributed by atoms with van der Waals surface area (Å²) in [5.74, 6) is -0.987. The van der Waals surface area contributed by atoms with E-state index in [-0.39, 0.29) is 39.3 Å². The van der Waals surface area contributed by atoms with E-state index in [0.717, 1.165) is 0 Å². The van der Waals surface area contributed by atoms with E-state index in [1.807, 2.05) is 0 Å². The molecule has 2 aliphatic heterocycles. The zero-order valence-corrected chi connectivity index (χ0v) is 23.7. The van der Waals surface area contributed by atoms with Crippen molar-refractivity contribution in [3.05, 3.63) is 0 Å². The largest absolute Gasteiger partial charge is 0.396 e. The highest BCUT2D eigenvalue weighted by Gasteiger charge is 2.55. The summed E-state index contributed by atoms with van der Waals surface area (Å²) < 4.78 is 17.8. The van der Waals surface area contributed by atoms with Crippen LogP contribution >= 0.6 is 0 Å². The Morgan fingerprint density at radius 3 is 2.41 bits per heavy atom. The smallest absolute Gasteiger partial charge is 0.185 e. The molecule has 0 spiro atoms. The Hall–Kier alpha value is -0.640. The van der Waals surface area contributed by atoms with Gasteiger partial charge in [-0.15, -0.1) is 0 Å². The zero-order chi connectivity index (χ0) is 30.5. The van der Waals surface area contributed by atoms with Gasteiger partial charge in [0.25, 0.3) is 0 Å². The van der Waals surface area contributed by atoms with Crippen molar-refractivity contribution < 1.29 is 55.1 Å². The summed E-state index contributed by atoms with van der Waals surface area (Å²) in [5, 5.41) is 93.4. The molecule has 2 heterocycles. The quantitative estimate of drug-likeness (QED) is 0.0878. The zero-order valence-electron chi connectivity index (χ0n) is 23.7. The minimum Gasteiger partial charge on any atom is -0.396 e. The third kappa shape index (κ3) is 8.10. The van der Waals surface area contributed by atoms with Gasteiger partial charge in [0.05, 0.1) is 37.1 Å². The van der Waals surface area contributed by atoms with Crippen molar-refractivity contribution >= 4 is 0 Å². The number of ether oxygens (including phenoxy) is 3. The molecule has 0 radical (unpaired) electrons. The van der Waals surface area contributed by atoms with E-state index in [0.29, 0.717) is 13.0 Å². The molecule has 0 amide bonds. The van der Waals surface area contributed by atoms with Gasteiger partial charge in [-0.2, -0.15) is 0 Å². The van der Waals surface area contributed by atoms with Crippen LogP contribution in [0, 0.1) is 5.92 Å². The molecular formula is C25H51N5O11. The molecule has 16 nitrogen and oxygen atoms in total. The highest BCUT2D eigenvalue weighted by molar-refractivity contribution is 5.07. The molecule has 3 aliphatic rings. The van der Waals surface area contributed by atoms with Crippen LogP contribution in [0.15, 0.2) is 0 Å². The Morgan fingerprint density at radius 1 is 1.07 bits per heavy atom. The summed E-state index contributed by atoms with van der Waals surface area (Å²) in [6, 6.07) is -2.26. The van der Waals surface area contributed by atoms with E-state index in [1.54, 1.807) is 7.05 Å². The molecule has 1 aliphatic carbocycles. The minimum absolute atomic E-state index is 0.0120. The van der Waals surface area contributed by atoms with Crippen molar-refractivity contribution in [1.82, 2.24) is 16.0 Å². The lowest BCUT2D eigenvalue weighted by atomic mass is 9.72. The van der Waals surface area contributed by atoms with Gasteiger partial charge >= 0.3 is 0 Å². The van der Waals surface area contributed by atoms with Crippen molar-refractivity contribution in [3.8, 4) is 0 Å². The molecule has 3 rings (SSSR count). The molecule has 0 aromatic carbocycles.